The topological polar surface area (TPSA) is 159 Å². The van der Waals surface area contributed by atoms with E-state index in [2.05, 4.69) is 25.6 Å². The zero-order valence-electron chi connectivity index (χ0n) is 21.9. The van der Waals surface area contributed by atoms with Crippen molar-refractivity contribution in [3.8, 4) is 0 Å². The molecule has 3 aromatic carbocycles. The van der Waals surface area contributed by atoms with Crippen LogP contribution in [0.25, 0.3) is 5.78 Å². The van der Waals surface area contributed by atoms with Crippen LogP contribution in [0.4, 0.5) is 5.95 Å². The number of ether oxygens (including phenoxy) is 4. The van der Waals surface area contributed by atoms with Crippen LogP contribution in [0, 0.1) is 0 Å². The molecule has 13 nitrogen and oxygen atoms in total. The zero-order valence-corrected chi connectivity index (χ0v) is 21.9. The molecule has 2 aromatic heterocycles. The molecular weight excluding hydrogens is 544 g/mol. The standard InChI is InChI=1S/C29H24N6O7/c36-25(18-10-4-1-5-11-18)39-16-21-22(41-26(37)19-12-6-2-7-13-19)23(42-27(38)20-14-8-3-9-15-20)24(40-21)32-29-34-33-28-30-17-31-35(28)29/h1-15,17,21-24H,16H2,(H,32,34)(H,30,31,33)/t21-,22-,23-,24-/m1/s1. The average molecular weight is 569 g/mol. The van der Waals surface area contributed by atoms with Gasteiger partial charge in [-0.25, -0.2) is 14.4 Å². The summed E-state index contributed by atoms with van der Waals surface area (Å²) in [4.78, 5) is 43.2. The lowest BCUT2D eigenvalue weighted by Crippen LogP contribution is -2.43. The van der Waals surface area contributed by atoms with Gasteiger partial charge in [-0.15, -0.1) is 10.2 Å². The van der Waals surface area contributed by atoms with E-state index in [4.69, 9.17) is 18.9 Å². The quantitative estimate of drug-likeness (QED) is 0.199. The summed E-state index contributed by atoms with van der Waals surface area (Å²) in [5, 5.41) is 13.9. The number of carbonyl (C=O) groups excluding carboxylic acids is 3. The summed E-state index contributed by atoms with van der Waals surface area (Å²) in [5.41, 5.74) is 0.889. The van der Waals surface area contributed by atoms with Gasteiger partial charge in [-0.05, 0) is 36.4 Å². The lowest BCUT2D eigenvalue weighted by Gasteiger charge is -2.24. The molecule has 0 bridgehead atoms. The Kier molecular flexibility index (Phi) is 7.55. The van der Waals surface area contributed by atoms with Crippen LogP contribution in [0.2, 0.25) is 0 Å². The van der Waals surface area contributed by atoms with E-state index in [0.29, 0.717) is 5.56 Å². The van der Waals surface area contributed by atoms with Gasteiger partial charge in [0.05, 0.1) is 16.7 Å². The highest BCUT2D eigenvalue weighted by Gasteiger charge is 2.51. The predicted molar refractivity (Wildman–Crippen MR) is 145 cm³/mol. The summed E-state index contributed by atoms with van der Waals surface area (Å²) in [7, 11) is 0. The van der Waals surface area contributed by atoms with Crippen molar-refractivity contribution in [2.45, 2.75) is 24.5 Å². The van der Waals surface area contributed by atoms with Gasteiger partial charge in [-0.1, -0.05) is 54.6 Å². The molecule has 1 aliphatic rings. The van der Waals surface area contributed by atoms with Crippen molar-refractivity contribution in [2.75, 3.05) is 11.9 Å². The molecule has 0 radical (unpaired) electrons. The van der Waals surface area contributed by atoms with Crippen LogP contribution in [0.3, 0.4) is 0 Å². The second-order valence-electron chi connectivity index (χ2n) is 9.22. The molecule has 0 spiro atoms. The minimum absolute atomic E-state index is 0.198. The Bertz CT molecular complexity index is 1680. The number of carbonyl (C=O) groups is 3. The molecular formula is C29H24N6O7. The second kappa shape index (κ2) is 11.9. The smallest absolute Gasteiger partial charge is 0.338 e. The van der Waals surface area contributed by atoms with E-state index in [9.17, 15) is 14.4 Å². The molecule has 5 aromatic rings. The first-order valence-electron chi connectivity index (χ1n) is 13.0. The van der Waals surface area contributed by atoms with Crippen molar-refractivity contribution in [3.05, 3.63) is 114 Å². The van der Waals surface area contributed by atoms with Crippen LogP contribution in [0.15, 0.2) is 97.3 Å². The summed E-state index contributed by atoms with van der Waals surface area (Å²) in [5.74, 6) is -1.47. The number of nitrogens with zero attached hydrogens (tertiary/aromatic N) is 4. The number of fused-ring (bicyclic) bond motifs is 1. The number of aromatic nitrogens is 5. The van der Waals surface area contributed by atoms with Crippen molar-refractivity contribution >= 4 is 29.6 Å². The number of rotatable bonds is 9. The van der Waals surface area contributed by atoms with E-state index in [0.717, 1.165) is 0 Å². The van der Waals surface area contributed by atoms with Crippen molar-refractivity contribution < 1.29 is 33.3 Å². The second-order valence-corrected chi connectivity index (χ2v) is 9.22. The summed E-state index contributed by atoms with van der Waals surface area (Å²) in [6.45, 7) is -0.308. The maximum absolute atomic E-state index is 13.2. The predicted octanol–water partition coefficient (Wildman–Crippen LogP) is 2.90. The zero-order chi connectivity index (χ0) is 28.9. The molecule has 6 rings (SSSR count). The van der Waals surface area contributed by atoms with Crippen LogP contribution in [-0.4, -0.2) is 73.9 Å². The molecule has 1 fully saturated rings. The molecule has 2 N–H and O–H groups in total. The third-order valence-electron chi connectivity index (χ3n) is 6.49. The molecule has 0 amide bonds. The number of nitrogens with one attached hydrogen (secondary N) is 2. The number of hydrogen-bond donors (Lipinski definition) is 2. The van der Waals surface area contributed by atoms with Gasteiger partial charge in [0.1, 0.15) is 19.0 Å². The summed E-state index contributed by atoms with van der Waals surface area (Å²) < 4.78 is 25.0. The number of anilines is 1. The Morgan fingerprint density at radius 1 is 0.762 bits per heavy atom. The summed E-state index contributed by atoms with van der Waals surface area (Å²) in [6, 6.07) is 25.1. The van der Waals surface area contributed by atoms with E-state index in [-0.39, 0.29) is 29.5 Å². The molecule has 0 saturated carbocycles. The normalized spacial score (nSPS) is 19.7. The number of hydrogen-bond acceptors (Lipinski definition) is 11. The molecule has 212 valence electrons. The van der Waals surface area contributed by atoms with Crippen LogP contribution < -0.4 is 5.32 Å². The summed E-state index contributed by atoms with van der Waals surface area (Å²) in [6.07, 6.45) is -3.07. The monoisotopic (exact) mass is 568 g/mol. The molecule has 1 aliphatic heterocycles. The van der Waals surface area contributed by atoms with Crippen LogP contribution in [-0.2, 0) is 18.9 Å². The lowest BCUT2D eigenvalue weighted by atomic mass is 10.1. The van der Waals surface area contributed by atoms with E-state index in [1.54, 1.807) is 91.0 Å². The maximum Gasteiger partial charge on any atom is 0.338 e. The minimum atomic E-state index is -1.19. The molecule has 0 unspecified atom stereocenters. The Morgan fingerprint density at radius 2 is 1.31 bits per heavy atom. The largest absolute Gasteiger partial charge is 0.459 e. The highest BCUT2D eigenvalue weighted by atomic mass is 16.7. The fourth-order valence-corrected chi connectivity index (χ4v) is 4.44. The lowest BCUT2D eigenvalue weighted by molar-refractivity contribution is -0.0441. The van der Waals surface area contributed by atoms with Crippen molar-refractivity contribution in [1.29, 1.82) is 0 Å². The SMILES string of the molecule is O=C(OC[C@H]1O[C@@H](Nc2nnc3nc[nH]n23)[C@H](OC(=O)c2ccccc2)[C@@H]1OC(=O)c1ccccc1)c1ccccc1. The first-order chi connectivity index (χ1) is 20.6. The van der Waals surface area contributed by atoms with Gasteiger partial charge >= 0.3 is 17.9 Å². The number of aromatic amines is 1. The molecule has 42 heavy (non-hydrogen) atoms. The highest BCUT2D eigenvalue weighted by Crippen LogP contribution is 2.30. The molecule has 13 heteroatoms. The van der Waals surface area contributed by atoms with Crippen LogP contribution >= 0.6 is 0 Å². The van der Waals surface area contributed by atoms with Gasteiger partial charge in [0, 0.05) is 0 Å². The van der Waals surface area contributed by atoms with Gasteiger partial charge in [0.25, 0.3) is 5.78 Å². The van der Waals surface area contributed by atoms with E-state index < -0.39 is 42.4 Å². The van der Waals surface area contributed by atoms with E-state index >= 15 is 0 Å². The van der Waals surface area contributed by atoms with Crippen LogP contribution in [0.1, 0.15) is 31.1 Å². The van der Waals surface area contributed by atoms with Crippen molar-refractivity contribution in [3.63, 3.8) is 0 Å². The van der Waals surface area contributed by atoms with Gasteiger partial charge in [-0.2, -0.15) is 9.50 Å². The molecule has 4 atom stereocenters. The molecule has 1 saturated heterocycles. The van der Waals surface area contributed by atoms with Gasteiger partial charge in [0.15, 0.2) is 18.4 Å². The fourth-order valence-electron chi connectivity index (χ4n) is 4.44. The Labute approximate surface area is 238 Å². The van der Waals surface area contributed by atoms with Crippen molar-refractivity contribution in [2.24, 2.45) is 0 Å². The van der Waals surface area contributed by atoms with Gasteiger partial charge in [0.2, 0.25) is 5.95 Å². The maximum atomic E-state index is 13.2. The van der Waals surface area contributed by atoms with Crippen LogP contribution in [0.5, 0.6) is 0 Å². The number of benzene rings is 3. The Morgan fingerprint density at radius 3 is 1.90 bits per heavy atom. The van der Waals surface area contributed by atoms with E-state index in [1.807, 2.05) is 0 Å². The number of H-pyrrole nitrogens is 1. The number of esters is 3. The fraction of sp³-hybridized carbons (Fsp3) is 0.172. The first-order valence-corrected chi connectivity index (χ1v) is 13.0. The molecule has 3 heterocycles. The Balaban J connectivity index is 1.31. The van der Waals surface area contributed by atoms with Crippen molar-refractivity contribution in [1.82, 2.24) is 24.8 Å². The third kappa shape index (κ3) is 5.67. The van der Waals surface area contributed by atoms with Gasteiger partial charge in [-0.3, -0.25) is 5.10 Å². The minimum Gasteiger partial charge on any atom is -0.459 e. The third-order valence-corrected chi connectivity index (χ3v) is 6.49. The molecule has 0 aliphatic carbocycles. The van der Waals surface area contributed by atoms with E-state index in [1.165, 1.54) is 10.8 Å². The first kappa shape index (κ1) is 26.7. The Hall–Kier alpha value is -5.56. The highest BCUT2D eigenvalue weighted by molar-refractivity contribution is 5.91. The average Bonchev–Trinajstić information content (AvgIpc) is 3.74. The summed E-state index contributed by atoms with van der Waals surface area (Å²) >= 11 is 0. The van der Waals surface area contributed by atoms with Gasteiger partial charge < -0.3 is 24.3 Å².